The molecule has 1 amide bonds. The first-order chi connectivity index (χ1) is 12.9. The number of aromatic nitrogens is 3. The van der Waals surface area contributed by atoms with Crippen LogP contribution in [0.4, 0.5) is 5.69 Å². The summed E-state index contributed by atoms with van der Waals surface area (Å²) in [5.41, 5.74) is 1.17. The molecule has 2 aromatic carbocycles. The molecule has 0 radical (unpaired) electrons. The van der Waals surface area contributed by atoms with Crippen LogP contribution in [0.15, 0.2) is 47.6 Å². The third-order valence-corrected chi connectivity index (χ3v) is 5.91. The molecule has 1 heterocycles. The van der Waals surface area contributed by atoms with Crippen LogP contribution in [0.25, 0.3) is 11.4 Å². The van der Waals surface area contributed by atoms with Crippen LogP contribution in [0.5, 0.6) is 0 Å². The fraction of sp³-hybridized carbons (Fsp3) is 0.167. The molecule has 27 heavy (non-hydrogen) atoms. The number of halogens is 3. The predicted octanol–water partition coefficient (Wildman–Crippen LogP) is 5.56. The van der Waals surface area contributed by atoms with Crippen molar-refractivity contribution in [3.63, 3.8) is 0 Å². The molecule has 1 aromatic heterocycles. The summed E-state index contributed by atoms with van der Waals surface area (Å²) in [6.07, 6.45) is 0. The zero-order valence-corrected chi connectivity index (χ0v) is 17.5. The second-order valence-electron chi connectivity index (χ2n) is 5.69. The van der Waals surface area contributed by atoms with Gasteiger partial charge in [-0.3, -0.25) is 4.79 Å². The predicted molar refractivity (Wildman–Crippen MR) is 112 cm³/mol. The molecule has 0 spiro atoms. The number of anilines is 1. The van der Waals surface area contributed by atoms with Gasteiger partial charge in [-0.1, -0.05) is 64.8 Å². The zero-order chi connectivity index (χ0) is 19.6. The first-order valence-electron chi connectivity index (χ1n) is 7.94. The van der Waals surface area contributed by atoms with Gasteiger partial charge >= 0.3 is 0 Å². The molecule has 140 valence electrons. The number of carbonyl (C=O) groups is 1. The Bertz CT molecular complexity index is 972. The number of carbonyl (C=O) groups excluding carboxylic acids is 1. The summed E-state index contributed by atoms with van der Waals surface area (Å²) in [7, 11) is 1.83. The average Bonchev–Trinajstić information content (AvgIpc) is 2.99. The van der Waals surface area contributed by atoms with Gasteiger partial charge in [-0.2, -0.15) is 0 Å². The summed E-state index contributed by atoms with van der Waals surface area (Å²) in [6.45, 7) is 1.77. The molecule has 0 fully saturated rings. The van der Waals surface area contributed by atoms with Crippen LogP contribution < -0.4 is 5.32 Å². The Morgan fingerprint density at radius 1 is 1.04 bits per heavy atom. The van der Waals surface area contributed by atoms with Crippen molar-refractivity contribution in [2.45, 2.75) is 17.3 Å². The number of thioether (sulfide) groups is 1. The SMILES string of the molecule is CC(Sc1nnc(-c2ccccc2Cl)n1C)C(=O)Nc1c(Cl)cccc1Cl. The Labute approximate surface area is 176 Å². The highest BCUT2D eigenvalue weighted by Gasteiger charge is 2.21. The molecule has 3 rings (SSSR count). The lowest BCUT2D eigenvalue weighted by molar-refractivity contribution is -0.115. The Morgan fingerprint density at radius 2 is 1.67 bits per heavy atom. The van der Waals surface area contributed by atoms with E-state index in [2.05, 4.69) is 15.5 Å². The monoisotopic (exact) mass is 440 g/mol. The summed E-state index contributed by atoms with van der Waals surface area (Å²) in [4.78, 5) is 12.5. The highest BCUT2D eigenvalue weighted by Crippen LogP contribution is 2.32. The van der Waals surface area contributed by atoms with Gasteiger partial charge < -0.3 is 9.88 Å². The van der Waals surface area contributed by atoms with Gasteiger partial charge in [0.2, 0.25) is 5.91 Å². The molecule has 3 aromatic rings. The summed E-state index contributed by atoms with van der Waals surface area (Å²) in [5, 5.41) is 12.7. The number of para-hydroxylation sites is 1. The fourth-order valence-electron chi connectivity index (χ4n) is 2.35. The molecule has 1 atom stereocenters. The largest absolute Gasteiger partial charge is 0.323 e. The van der Waals surface area contributed by atoms with E-state index in [0.29, 0.717) is 31.7 Å². The smallest absolute Gasteiger partial charge is 0.237 e. The molecule has 0 aliphatic carbocycles. The average molecular weight is 442 g/mol. The van der Waals surface area contributed by atoms with Gasteiger partial charge in [-0.15, -0.1) is 10.2 Å². The topological polar surface area (TPSA) is 59.8 Å². The van der Waals surface area contributed by atoms with E-state index in [1.54, 1.807) is 35.8 Å². The van der Waals surface area contributed by atoms with Crippen LogP contribution in [0.2, 0.25) is 15.1 Å². The second-order valence-corrected chi connectivity index (χ2v) is 8.22. The van der Waals surface area contributed by atoms with Crippen LogP contribution in [-0.4, -0.2) is 25.9 Å². The van der Waals surface area contributed by atoms with Gasteiger partial charge in [-0.25, -0.2) is 0 Å². The number of hydrogen-bond donors (Lipinski definition) is 1. The molecule has 1 N–H and O–H groups in total. The number of nitrogens with one attached hydrogen (secondary N) is 1. The van der Waals surface area contributed by atoms with Crippen LogP contribution >= 0.6 is 46.6 Å². The van der Waals surface area contributed by atoms with E-state index in [0.717, 1.165) is 5.56 Å². The van der Waals surface area contributed by atoms with E-state index in [1.807, 2.05) is 25.2 Å². The van der Waals surface area contributed by atoms with Crippen molar-refractivity contribution in [1.82, 2.24) is 14.8 Å². The lowest BCUT2D eigenvalue weighted by Gasteiger charge is -2.13. The molecular formula is C18H15Cl3N4OS. The minimum Gasteiger partial charge on any atom is -0.323 e. The first kappa shape index (κ1) is 20.0. The van der Waals surface area contributed by atoms with Gasteiger partial charge in [0.05, 0.1) is 26.0 Å². The molecule has 0 saturated heterocycles. The normalized spacial score (nSPS) is 12.0. The van der Waals surface area contributed by atoms with Crippen LogP contribution in [-0.2, 0) is 11.8 Å². The van der Waals surface area contributed by atoms with E-state index in [-0.39, 0.29) is 5.91 Å². The van der Waals surface area contributed by atoms with Crippen LogP contribution in [0.3, 0.4) is 0 Å². The van der Waals surface area contributed by atoms with Crippen molar-refractivity contribution < 1.29 is 4.79 Å². The second kappa shape index (κ2) is 8.52. The number of benzene rings is 2. The summed E-state index contributed by atoms with van der Waals surface area (Å²) >= 11 is 19.7. The number of rotatable bonds is 5. The minimum absolute atomic E-state index is 0.239. The van der Waals surface area contributed by atoms with Gasteiger partial charge in [-0.05, 0) is 31.2 Å². The number of nitrogens with zero attached hydrogens (tertiary/aromatic N) is 3. The van der Waals surface area contributed by atoms with Gasteiger partial charge in [0.25, 0.3) is 0 Å². The molecule has 0 bridgehead atoms. The van der Waals surface area contributed by atoms with E-state index in [4.69, 9.17) is 34.8 Å². The lowest BCUT2D eigenvalue weighted by Crippen LogP contribution is -2.23. The van der Waals surface area contributed by atoms with Crippen LogP contribution in [0, 0.1) is 0 Å². The zero-order valence-electron chi connectivity index (χ0n) is 14.4. The lowest BCUT2D eigenvalue weighted by atomic mass is 10.2. The molecule has 0 aliphatic rings. The highest BCUT2D eigenvalue weighted by atomic mass is 35.5. The van der Waals surface area contributed by atoms with E-state index in [1.165, 1.54) is 11.8 Å². The number of amides is 1. The summed E-state index contributed by atoms with van der Waals surface area (Å²) in [6, 6.07) is 12.4. The molecule has 0 aliphatic heterocycles. The third kappa shape index (κ3) is 4.41. The Balaban J connectivity index is 1.76. The third-order valence-electron chi connectivity index (χ3n) is 3.81. The maximum Gasteiger partial charge on any atom is 0.237 e. The van der Waals surface area contributed by atoms with Gasteiger partial charge in [0, 0.05) is 12.6 Å². The van der Waals surface area contributed by atoms with E-state index in [9.17, 15) is 4.79 Å². The molecule has 1 unspecified atom stereocenters. The van der Waals surface area contributed by atoms with Crippen LogP contribution in [0.1, 0.15) is 6.92 Å². The standard InChI is InChI=1S/C18H15Cl3N4OS/c1-10(17(26)22-15-13(20)8-5-9-14(15)21)27-18-24-23-16(25(18)2)11-6-3-4-7-12(11)19/h3-10H,1-2H3,(H,22,26). The molecule has 0 saturated carbocycles. The first-order valence-corrected chi connectivity index (χ1v) is 9.95. The van der Waals surface area contributed by atoms with Gasteiger partial charge in [0.1, 0.15) is 0 Å². The van der Waals surface area contributed by atoms with E-state index < -0.39 is 5.25 Å². The van der Waals surface area contributed by atoms with Crippen molar-refractivity contribution >= 4 is 58.2 Å². The van der Waals surface area contributed by atoms with Crippen molar-refractivity contribution in [2.24, 2.45) is 7.05 Å². The van der Waals surface area contributed by atoms with Crippen molar-refractivity contribution in [3.8, 4) is 11.4 Å². The molecular weight excluding hydrogens is 427 g/mol. The fourth-order valence-corrected chi connectivity index (χ4v) is 3.88. The summed E-state index contributed by atoms with van der Waals surface area (Å²) < 4.78 is 1.80. The van der Waals surface area contributed by atoms with E-state index >= 15 is 0 Å². The summed E-state index contributed by atoms with van der Waals surface area (Å²) in [5.74, 6) is 0.391. The Hall–Kier alpha value is -1.73. The molecule has 5 nitrogen and oxygen atoms in total. The quantitative estimate of drug-likeness (QED) is 0.526. The molecule has 9 heteroatoms. The Morgan fingerprint density at radius 3 is 2.33 bits per heavy atom. The maximum atomic E-state index is 12.5. The van der Waals surface area contributed by atoms with Crippen molar-refractivity contribution in [1.29, 1.82) is 0 Å². The number of hydrogen-bond acceptors (Lipinski definition) is 4. The highest BCUT2D eigenvalue weighted by molar-refractivity contribution is 8.00. The van der Waals surface area contributed by atoms with Gasteiger partial charge in [0.15, 0.2) is 11.0 Å². The minimum atomic E-state index is -0.445. The maximum absolute atomic E-state index is 12.5. The van der Waals surface area contributed by atoms with Crippen molar-refractivity contribution in [2.75, 3.05) is 5.32 Å². The Kier molecular flexibility index (Phi) is 6.32. The van der Waals surface area contributed by atoms with Crippen molar-refractivity contribution in [3.05, 3.63) is 57.5 Å².